The van der Waals surface area contributed by atoms with Crippen LogP contribution >= 0.6 is 0 Å². The Morgan fingerprint density at radius 3 is 1.91 bits per heavy atom. The molecule has 0 bridgehead atoms. The summed E-state index contributed by atoms with van der Waals surface area (Å²) in [6, 6.07) is 11.8. The lowest BCUT2D eigenvalue weighted by Crippen LogP contribution is -2.18. The molecule has 0 saturated heterocycles. The lowest BCUT2D eigenvalue weighted by Gasteiger charge is -2.13. The van der Waals surface area contributed by atoms with Crippen molar-refractivity contribution >= 4 is 27.6 Å². The Balaban J connectivity index is 2.03. The molecule has 0 aliphatic heterocycles. The average molecular weight is 500 g/mol. The molecule has 5 rings (SSSR count). The molecule has 3 aromatic heterocycles. The topological polar surface area (TPSA) is 43.1 Å². The second kappa shape index (κ2) is 7.30. The molecule has 4 nitrogen and oxygen atoms in total. The molecule has 0 aliphatic carbocycles. The minimum Gasteiger partial charge on any atom is -0.276 e. The van der Waals surface area contributed by atoms with E-state index in [-0.39, 0.29) is 16.5 Å². The van der Waals surface area contributed by atoms with Crippen molar-refractivity contribution in [2.45, 2.75) is 18.5 Å². The van der Waals surface area contributed by atoms with Gasteiger partial charge in [0.1, 0.15) is 11.2 Å². The van der Waals surface area contributed by atoms with Gasteiger partial charge in [0, 0.05) is 5.39 Å². The van der Waals surface area contributed by atoms with Crippen LogP contribution in [0.15, 0.2) is 54.6 Å². The van der Waals surface area contributed by atoms with E-state index in [1.165, 1.54) is 18.2 Å². The molecule has 0 fully saturated rings. The van der Waals surface area contributed by atoms with Gasteiger partial charge in [-0.15, -0.1) is 0 Å². The molecule has 0 N–H and O–H groups in total. The van der Waals surface area contributed by atoms with Crippen molar-refractivity contribution in [3.05, 3.63) is 71.7 Å². The van der Waals surface area contributed by atoms with Gasteiger partial charge in [-0.1, -0.05) is 36.4 Å². The third kappa shape index (κ3) is 3.80. The van der Waals surface area contributed by atoms with Crippen LogP contribution in [0, 0.1) is 0 Å². The van der Waals surface area contributed by atoms with Crippen molar-refractivity contribution in [2.75, 3.05) is 0 Å². The molecule has 0 amide bonds. The zero-order chi connectivity index (χ0) is 25.3. The third-order valence-corrected chi connectivity index (χ3v) is 5.25. The summed E-state index contributed by atoms with van der Waals surface area (Å²) in [7, 11) is 0. The summed E-state index contributed by atoms with van der Waals surface area (Å²) in [4.78, 5) is 9.80. The fourth-order valence-corrected chi connectivity index (χ4v) is 3.78. The summed E-state index contributed by atoms with van der Waals surface area (Å²) in [6.07, 6.45) is -15.5. The number of alkyl halides is 9. The van der Waals surface area contributed by atoms with E-state index in [1.54, 1.807) is 18.2 Å². The zero-order valence-corrected chi connectivity index (χ0v) is 16.9. The molecule has 0 aliphatic rings. The first-order chi connectivity index (χ1) is 16.2. The van der Waals surface area contributed by atoms with Gasteiger partial charge in [-0.3, -0.25) is 4.40 Å². The van der Waals surface area contributed by atoms with Gasteiger partial charge >= 0.3 is 18.5 Å². The van der Waals surface area contributed by atoms with Gasteiger partial charge in [0.15, 0.2) is 11.3 Å². The number of benzene rings is 2. The second-order valence-corrected chi connectivity index (χ2v) is 7.53. The van der Waals surface area contributed by atoms with Crippen LogP contribution in [0.3, 0.4) is 0 Å². The number of hydrogen-bond donors (Lipinski definition) is 0. The van der Waals surface area contributed by atoms with Crippen molar-refractivity contribution in [2.24, 2.45) is 0 Å². The molecule has 0 unspecified atom stereocenters. The first kappa shape index (κ1) is 22.9. The van der Waals surface area contributed by atoms with E-state index >= 15 is 0 Å². The van der Waals surface area contributed by atoms with E-state index in [4.69, 9.17) is 0 Å². The maximum Gasteiger partial charge on any atom is 0.451 e. The number of aromatic nitrogens is 4. The SMILES string of the molecule is FC(F)(F)c1ccc2cc(-c3ccccc3)n3c4nc(C(F)(F)F)nc(C(F)(F)F)c4nc3c2c1. The van der Waals surface area contributed by atoms with Crippen LogP contribution in [0.5, 0.6) is 0 Å². The monoisotopic (exact) mass is 500 g/mol. The normalized spacial score (nSPS) is 13.3. The summed E-state index contributed by atoms with van der Waals surface area (Å²) in [5.74, 6) is -2.05. The lowest BCUT2D eigenvalue weighted by molar-refractivity contribution is -0.151. The van der Waals surface area contributed by atoms with Crippen molar-refractivity contribution in [1.82, 2.24) is 19.4 Å². The Morgan fingerprint density at radius 1 is 0.629 bits per heavy atom. The predicted molar refractivity (Wildman–Crippen MR) is 106 cm³/mol. The maximum absolute atomic E-state index is 13.7. The molecule has 0 atom stereocenters. The first-order valence-electron chi connectivity index (χ1n) is 9.69. The number of hydrogen-bond acceptors (Lipinski definition) is 3. The van der Waals surface area contributed by atoms with Gasteiger partial charge in [0.25, 0.3) is 0 Å². The van der Waals surface area contributed by atoms with Crippen molar-refractivity contribution in [1.29, 1.82) is 0 Å². The minimum atomic E-state index is -5.35. The number of imidazole rings is 1. The smallest absolute Gasteiger partial charge is 0.276 e. The maximum atomic E-state index is 13.7. The number of rotatable bonds is 1. The fraction of sp³-hybridized carbons (Fsp3) is 0.136. The molecule has 13 heteroatoms. The van der Waals surface area contributed by atoms with Crippen LogP contribution in [0.2, 0.25) is 0 Å². The van der Waals surface area contributed by atoms with Gasteiger partial charge in [0.2, 0.25) is 5.82 Å². The molecule has 180 valence electrons. The number of halogens is 9. The highest BCUT2D eigenvalue weighted by molar-refractivity contribution is 6.01. The van der Waals surface area contributed by atoms with E-state index in [0.717, 1.165) is 16.5 Å². The Morgan fingerprint density at radius 2 is 1.31 bits per heavy atom. The summed E-state index contributed by atoms with van der Waals surface area (Å²) in [6.45, 7) is 0. The summed E-state index contributed by atoms with van der Waals surface area (Å²) in [5, 5.41) is -0.0450. The largest absolute Gasteiger partial charge is 0.451 e. The van der Waals surface area contributed by atoms with Gasteiger partial charge in [-0.05, 0) is 29.1 Å². The Bertz CT molecular complexity index is 1600. The zero-order valence-electron chi connectivity index (χ0n) is 16.9. The van der Waals surface area contributed by atoms with E-state index in [9.17, 15) is 39.5 Å². The predicted octanol–water partition coefficient (Wildman–Crippen LogP) is 7.15. The third-order valence-electron chi connectivity index (χ3n) is 5.25. The van der Waals surface area contributed by atoms with Crippen molar-refractivity contribution in [3.63, 3.8) is 0 Å². The van der Waals surface area contributed by atoms with Crippen LogP contribution in [0.25, 0.3) is 38.8 Å². The Kier molecular flexibility index (Phi) is 4.77. The molecule has 3 heterocycles. The lowest BCUT2D eigenvalue weighted by atomic mass is 10.0. The standard InChI is InChI=1S/C22H9F9N4/c23-20(24,25)12-7-6-11-8-14(10-4-2-1-3-5-10)35-17(13(11)9-12)32-15-16(21(26,27)28)33-19(22(29,30)31)34-18(15)35/h1-9H. The number of pyridine rings is 1. The van der Waals surface area contributed by atoms with E-state index in [1.807, 2.05) is 0 Å². The molecule has 2 aromatic carbocycles. The summed E-state index contributed by atoms with van der Waals surface area (Å²) < 4.78 is 122. The van der Waals surface area contributed by atoms with Crippen molar-refractivity contribution in [3.8, 4) is 11.3 Å². The molecule has 0 spiro atoms. The summed E-state index contributed by atoms with van der Waals surface area (Å²) >= 11 is 0. The average Bonchev–Trinajstić information content (AvgIpc) is 3.16. The Hall–Kier alpha value is -3.90. The van der Waals surface area contributed by atoms with Crippen LogP contribution in [0.4, 0.5) is 39.5 Å². The van der Waals surface area contributed by atoms with Gasteiger partial charge < -0.3 is 0 Å². The van der Waals surface area contributed by atoms with E-state index in [2.05, 4.69) is 15.0 Å². The summed E-state index contributed by atoms with van der Waals surface area (Å²) in [5.41, 5.74) is -4.90. The molecular weight excluding hydrogens is 491 g/mol. The molecule has 0 saturated carbocycles. The fourth-order valence-electron chi connectivity index (χ4n) is 3.78. The highest BCUT2D eigenvalue weighted by atomic mass is 19.4. The van der Waals surface area contributed by atoms with Crippen LogP contribution in [-0.4, -0.2) is 19.4 Å². The number of nitrogens with zero attached hydrogens (tertiary/aromatic N) is 4. The van der Waals surface area contributed by atoms with Crippen molar-refractivity contribution < 1.29 is 39.5 Å². The van der Waals surface area contributed by atoms with E-state index in [0.29, 0.717) is 11.6 Å². The van der Waals surface area contributed by atoms with Crippen LogP contribution in [0.1, 0.15) is 17.1 Å². The first-order valence-corrected chi connectivity index (χ1v) is 9.69. The van der Waals surface area contributed by atoms with Gasteiger partial charge in [0.05, 0.1) is 11.3 Å². The molecular formula is C22H9F9N4. The molecule has 5 aromatic rings. The van der Waals surface area contributed by atoms with Crippen LogP contribution in [-0.2, 0) is 18.5 Å². The highest BCUT2D eigenvalue weighted by Gasteiger charge is 2.43. The second-order valence-electron chi connectivity index (χ2n) is 7.53. The minimum absolute atomic E-state index is 0.0790. The van der Waals surface area contributed by atoms with Crippen LogP contribution < -0.4 is 0 Å². The molecule has 0 radical (unpaired) electrons. The number of fused-ring (bicyclic) bond motifs is 5. The quantitative estimate of drug-likeness (QED) is 0.230. The van der Waals surface area contributed by atoms with Gasteiger partial charge in [-0.25, -0.2) is 15.0 Å². The highest BCUT2D eigenvalue weighted by Crippen LogP contribution is 2.40. The van der Waals surface area contributed by atoms with Gasteiger partial charge in [-0.2, -0.15) is 39.5 Å². The Labute approximate surface area is 188 Å². The van der Waals surface area contributed by atoms with E-state index < -0.39 is 52.4 Å². The molecule has 35 heavy (non-hydrogen) atoms.